The van der Waals surface area contributed by atoms with Gasteiger partial charge in [-0.3, -0.25) is 4.18 Å². The van der Waals surface area contributed by atoms with E-state index in [2.05, 4.69) is 0 Å². The van der Waals surface area contributed by atoms with Crippen molar-refractivity contribution in [2.45, 2.75) is 11.3 Å². The van der Waals surface area contributed by atoms with Crippen molar-refractivity contribution in [3.05, 3.63) is 30.3 Å². The number of hydrogen-bond acceptors (Lipinski definition) is 6. The van der Waals surface area contributed by atoms with Crippen LogP contribution in [0.4, 0.5) is 0 Å². The van der Waals surface area contributed by atoms with Gasteiger partial charge in [-0.05, 0) is 18.6 Å². The highest BCUT2D eigenvalue weighted by atomic mass is 32.2. The molecule has 0 aliphatic carbocycles. The summed E-state index contributed by atoms with van der Waals surface area (Å²) in [6, 6.07) is 8.07. The molecular weight excluding hydrogens is 296 g/mol. The van der Waals surface area contributed by atoms with Gasteiger partial charge in [0.05, 0.1) is 37.9 Å². The zero-order valence-electron chi connectivity index (χ0n) is 12.2. The molecule has 120 valence electrons. The zero-order valence-corrected chi connectivity index (χ0v) is 13.0. The van der Waals surface area contributed by atoms with Crippen LogP contribution in [0, 0.1) is 0 Å². The van der Waals surface area contributed by atoms with Crippen molar-refractivity contribution in [3.63, 3.8) is 0 Å². The third-order valence-electron chi connectivity index (χ3n) is 2.51. The van der Waals surface area contributed by atoms with Crippen LogP contribution < -0.4 is 0 Å². The molecule has 0 saturated carbocycles. The van der Waals surface area contributed by atoms with Gasteiger partial charge in [-0.2, -0.15) is 8.42 Å². The minimum Gasteiger partial charge on any atom is -0.382 e. The van der Waals surface area contributed by atoms with E-state index in [0.29, 0.717) is 39.5 Å². The Kier molecular flexibility index (Phi) is 9.20. The monoisotopic (exact) mass is 318 g/mol. The first-order valence-corrected chi connectivity index (χ1v) is 8.16. The van der Waals surface area contributed by atoms with E-state index in [1.807, 2.05) is 0 Å². The van der Waals surface area contributed by atoms with Crippen molar-refractivity contribution in [2.24, 2.45) is 0 Å². The third kappa shape index (κ3) is 8.13. The van der Waals surface area contributed by atoms with Crippen molar-refractivity contribution in [2.75, 3.05) is 46.8 Å². The van der Waals surface area contributed by atoms with Gasteiger partial charge in [0.1, 0.15) is 0 Å². The van der Waals surface area contributed by atoms with Crippen LogP contribution in [0.5, 0.6) is 0 Å². The molecule has 21 heavy (non-hydrogen) atoms. The van der Waals surface area contributed by atoms with E-state index in [1.54, 1.807) is 25.3 Å². The first-order valence-electron chi connectivity index (χ1n) is 6.76. The summed E-state index contributed by atoms with van der Waals surface area (Å²) in [5, 5.41) is 0. The lowest BCUT2D eigenvalue weighted by Gasteiger charge is -2.07. The van der Waals surface area contributed by atoms with Gasteiger partial charge < -0.3 is 14.2 Å². The Bertz CT molecular complexity index is 460. The van der Waals surface area contributed by atoms with Crippen LogP contribution in [-0.2, 0) is 28.5 Å². The highest BCUT2D eigenvalue weighted by molar-refractivity contribution is 7.86. The molecule has 0 amide bonds. The highest BCUT2D eigenvalue weighted by Gasteiger charge is 2.13. The molecule has 0 aromatic heterocycles. The van der Waals surface area contributed by atoms with Gasteiger partial charge in [0.2, 0.25) is 0 Å². The average Bonchev–Trinajstić information content (AvgIpc) is 2.50. The topological polar surface area (TPSA) is 71.1 Å². The molecule has 0 radical (unpaired) electrons. The largest absolute Gasteiger partial charge is 0.382 e. The maximum absolute atomic E-state index is 11.8. The molecule has 7 heteroatoms. The van der Waals surface area contributed by atoms with E-state index in [-0.39, 0.29) is 11.5 Å². The second-order valence-electron chi connectivity index (χ2n) is 4.16. The van der Waals surface area contributed by atoms with Crippen LogP contribution in [0.3, 0.4) is 0 Å². The van der Waals surface area contributed by atoms with Crippen LogP contribution in [0.25, 0.3) is 0 Å². The lowest BCUT2D eigenvalue weighted by atomic mass is 10.4. The van der Waals surface area contributed by atoms with Crippen LogP contribution in [0.15, 0.2) is 35.2 Å². The molecule has 0 N–H and O–H groups in total. The average molecular weight is 318 g/mol. The van der Waals surface area contributed by atoms with Gasteiger partial charge in [-0.1, -0.05) is 18.2 Å². The fourth-order valence-corrected chi connectivity index (χ4v) is 2.41. The molecule has 0 unspecified atom stereocenters. The Morgan fingerprint density at radius 3 is 2.14 bits per heavy atom. The van der Waals surface area contributed by atoms with Crippen molar-refractivity contribution >= 4 is 10.1 Å². The third-order valence-corrected chi connectivity index (χ3v) is 3.83. The first kappa shape index (κ1) is 18.1. The summed E-state index contributed by atoms with van der Waals surface area (Å²) >= 11 is 0. The Labute approximate surface area is 126 Å². The predicted molar refractivity (Wildman–Crippen MR) is 77.7 cm³/mol. The molecule has 0 fully saturated rings. The fourth-order valence-electron chi connectivity index (χ4n) is 1.45. The van der Waals surface area contributed by atoms with Crippen LogP contribution in [0.2, 0.25) is 0 Å². The van der Waals surface area contributed by atoms with Gasteiger partial charge in [0, 0.05) is 13.7 Å². The molecule has 0 spiro atoms. The quantitative estimate of drug-likeness (QED) is 0.429. The van der Waals surface area contributed by atoms with Crippen LogP contribution in [-0.4, -0.2) is 55.2 Å². The molecule has 0 atom stereocenters. The highest BCUT2D eigenvalue weighted by Crippen LogP contribution is 2.11. The number of rotatable bonds is 12. The summed E-state index contributed by atoms with van der Waals surface area (Å²) in [6.45, 7) is 2.59. The summed E-state index contributed by atoms with van der Waals surface area (Å²) in [6.07, 6.45) is 0.504. The predicted octanol–water partition coefficient (Wildman–Crippen LogP) is 1.46. The molecular formula is C14H22O6S. The van der Waals surface area contributed by atoms with Crippen LogP contribution in [0.1, 0.15) is 6.42 Å². The van der Waals surface area contributed by atoms with Gasteiger partial charge in [-0.15, -0.1) is 0 Å². The normalized spacial score (nSPS) is 11.7. The Hall–Kier alpha value is -0.990. The maximum atomic E-state index is 11.8. The molecule has 1 aromatic rings. The van der Waals surface area contributed by atoms with Gasteiger partial charge in [0.15, 0.2) is 0 Å². The second-order valence-corrected chi connectivity index (χ2v) is 5.78. The number of ether oxygens (including phenoxy) is 3. The van der Waals surface area contributed by atoms with E-state index < -0.39 is 10.1 Å². The minimum atomic E-state index is -3.66. The van der Waals surface area contributed by atoms with Crippen molar-refractivity contribution < 1.29 is 26.8 Å². The van der Waals surface area contributed by atoms with E-state index in [0.717, 1.165) is 0 Å². The Morgan fingerprint density at radius 1 is 0.857 bits per heavy atom. The molecule has 0 aliphatic rings. The Balaban J connectivity index is 2.04. The van der Waals surface area contributed by atoms with E-state index in [1.165, 1.54) is 12.1 Å². The summed E-state index contributed by atoms with van der Waals surface area (Å²) in [5.74, 6) is 0. The zero-order chi connectivity index (χ0) is 15.4. The van der Waals surface area contributed by atoms with Crippen molar-refractivity contribution in [1.82, 2.24) is 0 Å². The first-order chi connectivity index (χ1) is 10.2. The standard InChI is InChI=1S/C14H22O6S/c1-17-10-11-19-13-12-18-8-5-9-20-21(15,16)14-6-3-2-4-7-14/h2-4,6-7H,5,8-13H2,1H3. The minimum absolute atomic E-state index is 0.0990. The van der Waals surface area contributed by atoms with E-state index in [9.17, 15) is 8.42 Å². The molecule has 0 aliphatic heterocycles. The number of benzene rings is 1. The smallest absolute Gasteiger partial charge is 0.296 e. The lowest BCUT2D eigenvalue weighted by Crippen LogP contribution is -2.11. The van der Waals surface area contributed by atoms with E-state index in [4.69, 9.17) is 18.4 Å². The molecule has 0 bridgehead atoms. The number of hydrogen-bond donors (Lipinski definition) is 0. The Morgan fingerprint density at radius 2 is 1.48 bits per heavy atom. The van der Waals surface area contributed by atoms with Crippen LogP contribution >= 0.6 is 0 Å². The van der Waals surface area contributed by atoms with Crippen molar-refractivity contribution in [1.29, 1.82) is 0 Å². The van der Waals surface area contributed by atoms with Gasteiger partial charge >= 0.3 is 0 Å². The molecule has 6 nitrogen and oxygen atoms in total. The van der Waals surface area contributed by atoms with Crippen molar-refractivity contribution in [3.8, 4) is 0 Å². The number of methoxy groups -OCH3 is 1. The summed E-state index contributed by atoms with van der Waals surface area (Å²) in [7, 11) is -2.05. The van der Waals surface area contributed by atoms with E-state index >= 15 is 0 Å². The molecule has 1 rings (SSSR count). The molecule has 0 heterocycles. The maximum Gasteiger partial charge on any atom is 0.296 e. The van der Waals surface area contributed by atoms with Gasteiger partial charge in [-0.25, -0.2) is 0 Å². The summed E-state index contributed by atoms with van der Waals surface area (Å²) < 4.78 is 43.8. The SMILES string of the molecule is COCCOCCOCCCOS(=O)(=O)c1ccccc1. The lowest BCUT2D eigenvalue weighted by molar-refractivity contribution is 0.0225. The summed E-state index contributed by atoms with van der Waals surface area (Å²) in [4.78, 5) is 0.164. The molecule has 1 aromatic carbocycles. The summed E-state index contributed by atoms with van der Waals surface area (Å²) in [5.41, 5.74) is 0. The van der Waals surface area contributed by atoms with Gasteiger partial charge in [0.25, 0.3) is 10.1 Å². The fraction of sp³-hybridized carbons (Fsp3) is 0.571. The second kappa shape index (κ2) is 10.7. The molecule has 0 saturated heterocycles.